The van der Waals surface area contributed by atoms with E-state index in [1.54, 1.807) is 0 Å². The summed E-state index contributed by atoms with van der Waals surface area (Å²) < 4.78 is 0. The number of rotatable bonds is 1. The van der Waals surface area contributed by atoms with E-state index < -0.39 is 0 Å². The summed E-state index contributed by atoms with van der Waals surface area (Å²) in [5.74, 6) is 0. The fraction of sp³-hybridized carbons (Fsp3) is 0.143. The predicted molar refractivity (Wildman–Crippen MR) is 38.4 cm³/mol. The molecule has 0 radical (unpaired) electrons. The van der Waals surface area contributed by atoms with Crippen LogP contribution in [0.15, 0.2) is 29.2 Å². The maximum absolute atomic E-state index is 4.78. The first-order valence-corrected chi connectivity index (χ1v) is 4.43. The SMILES string of the molecule is Cc1ccc(S[ClH+])cc1. The van der Waals surface area contributed by atoms with Crippen molar-refractivity contribution in [2.24, 2.45) is 0 Å². The molecule has 0 aliphatic carbocycles. The molecule has 0 bridgehead atoms. The molecule has 9 heavy (non-hydrogen) atoms. The van der Waals surface area contributed by atoms with E-state index in [0.717, 1.165) is 4.90 Å². The van der Waals surface area contributed by atoms with Crippen molar-refractivity contribution in [1.82, 2.24) is 0 Å². The zero-order valence-corrected chi connectivity index (χ0v) is 6.76. The van der Waals surface area contributed by atoms with Crippen molar-refractivity contribution in [1.29, 1.82) is 0 Å². The Balaban J connectivity index is 2.88. The number of aryl methyl sites for hydroxylation is 1. The Morgan fingerprint density at radius 1 is 1.22 bits per heavy atom. The largest absolute Gasteiger partial charge is 0.210 e. The molecule has 0 N–H and O–H groups in total. The van der Waals surface area contributed by atoms with Crippen LogP contribution in [-0.2, 0) is 0 Å². The van der Waals surface area contributed by atoms with Gasteiger partial charge in [-0.2, -0.15) is 0 Å². The van der Waals surface area contributed by atoms with Gasteiger partial charge in [-0.15, -0.1) is 0 Å². The van der Waals surface area contributed by atoms with E-state index in [9.17, 15) is 0 Å². The van der Waals surface area contributed by atoms with Crippen molar-refractivity contribution in [3.63, 3.8) is 0 Å². The lowest BCUT2D eigenvalue weighted by Crippen LogP contribution is -1.69. The molecule has 0 heterocycles. The van der Waals surface area contributed by atoms with Gasteiger partial charge in [0.2, 0.25) is 11.0 Å². The average Bonchev–Trinajstić information content (AvgIpc) is 1.90. The van der Waals surface area contributed by atoms with E-state index in [0.29, 0.717) is 0 Å². The molecule has 0 fully saturated rings. The summed E-state index contributed by atoms with van der Waals surface area (Å²) in [4.78, 5) is 1.15. The Morgan fingerprint density at radius 2 is 1.78 bits per heavy atom. The zero-order chi connectivity index (χ0) is 6.69. The van der Waals surface area contributed by atoms with E-state index in [1.165, 1.54) is 16.5 Å². The number of benzene rings is 1. The zero-order valence-electron chi connectivity index (χ0n) is 5.13. The summed E-state index contributed by atoms with van der Waals surface area (Å²) in [5.41, 5.74) is 1.28. The van der Waals surface area contributed by atoms with Crippen LogP contribution in [0.5, 0.6) is 0 Å². The Morgan fingerprint density at radius 3 is 2.22 bits per heavy atom. The first-order valence-electron chi connectivity index (χ1n) is 2.69. The highest BCUT2D eigenvalue weighted by Crippen LogP contribution is 2.14. The van der Waals surface area contributed by atoms with Crippen molar-refractivity contribution >= 4 is 11.0 Å². The molecule has 1 aromatic rings. The molecule has 1 rings (SSSR count). The van der Waals surface area contributed by atoms with Crippen LogP contribution in [0.2, 0.25) is 0 Å². The molecular weight excluding hydrogens is 152 g/mol. The third-order valence-corrected chi connectivity index (χ3v) is 2.16. The summed E-state index contributed by atoms with van der Waals surface area (Å²) in [6.45, 7) is 2.07. The van der Waals surface area contributed by atoms with Crippen molar-refractivity contribution in [2.75, 3.05) is 0 Å². The quantitative estimate of drug-likeness (QED) is 0.606. The van der Waals surface area contributed by atoms with E-state index in [1.807, 2.05) is 12.1 Å². The summed E-state index contributed by atoms with van der Waals surface area (Å²) in [6, 6.07) is 8.20. The Bertz CT molecular complexity index is 181. The minimum absolute atomic E-state index is 1.15. The summed E-state index contributed by atoms with van der Waals surface area (Å²) in [5, 5.41) is 0. The summed E-state index contributed by atoms with van der Waals surface area (Å²) in [6.07, 6.45) is 0. The van der Waals surface area contributed by atoms with Crippen LogP contribution >= 0.6 is 11.0 Å². The minimum atomic E-state index is 1.15. The van der Waals surface area contributed by atoms with Gasteiger partial charge in [-0.05, 0) is 19.1 Å². The van der Waals surface area contributed by atoms with Gasteiger partial charge in [0.25, 0.3) is 0 Å². The Kier molecular flexibility index (Phi) is 2.43. The van der Waals surface area contributed by atoms with Gasteiger partial charge in [0, 0.05) is 0 Å². The molecular formula is C7H8ClS+. The van der Waals surface area contributed by atoms with Gasteiger partial charge in [0.1, 0.15) is 0 Å². The monoisotopic (exact) mass is 159 g/mol. The first-order chi connectivity index (χ1) is 4.33. The molecule has 0 amide bonds. The highest BCUT2D eigenvalue weighted by atomic mass is 35.7. The maximum Gasteiger partial charge on any atom is 0.210 e. The predicted octanol–water partition coefficient (Wildman–Crippen LogP) is 2.28. The second-order valence-electron chi connectivity index (χ2n) is 1.90. The van der Waals surface area contributed by atoms with E-state index in [4.69, 9.17) is 10.7 Å². The molecule has 0 aliphatic heterocycles. The summed E-state index contributed by atoms with van der Waals surface area (Å²) >= 11 is 0. The Labute approximate surface area is 63.7 Å². The molecule has 0 spiro atoms. The number of halogens is 1. The van der Waals surface area contributed by atoms with Gasteiger partial charge in [-0.25, -0.2) is 0 Å². The fourth-order valence-corrected chi connectivity index (χ4v) is 1.17. The van der Waals surface area contributed by atoms with Crippen LogP contribution < -0.4 is 0 Å². The second-order valence-corrected chi connectivity index (χ2v) is 3.03. The van der Waals surface area contributed by atoms with Crippen LogP contribution in [0.4, 0.5) is 0 Å². The second kappa shape index (κ2) is 3.14. The van der Waals surface area contributed by atoms with Crippen molar-refractivity contribution in [2.45, 2.75) is 11.8 Å². The van der Waals surface area contributed by atoms with Gasteiger partial charge in [-0.1, -0.05) is 17.7 Å². The molecule has 2 heteroatoms. The van der Waals surface area contributed by atoms with Crippen molar-refractivity contribution in [3.8, 4) is 0 Å². The van der Waals surface area contributed by atoms with Gasteiger partial charge in [-0.3, -0.25) is 0 Å². The molecule has 0 aliphatic rings. The third-order valence-electron chi connectivity index (χ3n) is 1.12. The fourth-order valence-electron chi connectivity index (χ4n) is 0.594. The normalized spacial score (nSPS) is 9.56. The van der Waals surface area contributed by atoms with Crippen LogP contribution in [-0.4, -0.2) is 0 Å². The van der Waals surface area contributed by atoms with Crippen LogP contribution in [0.3, 0.4) is 0 Å². The highest BCUT2D eigenvalue weighted by Gasteiger charge is 1.93. The van der Waals surface area contributed by atoms with Crippen molar-refractivity contribution in [3.05, 3.63) is 29.8 Å². The molecule has 0 saturated carbocycles. The van der Waals surface area contributed by atoms with Gasteiger partial charge >= 0.3 is 0 Å². The van der Waals surface area contributed by atoms with Crippen LogP contribution in [0, 0.1) is 17.6 Å². The molecule has 0 saturated heterocycles. The van der Waals surface area contributed by atoms with Crippen LogP contribution in [0.25, 0.3) is 0 Å². The highest BCUT2D eigenvalue weighted by molar-refractivity contribution is 7.92. The minimum Gasteiger partial charge on any atom is -0.0580 e. The standard InChI is InChI=1S/C7H8ClS/c1-6-2-4-7(9-8)5-3-6/h2-5,8H,1H3/q+1. The molecule has 0 unspecified atom stereocenters. The van der Waals surface area contributed by atoms with Gasteiger partial charge in [0.05, 0.1) is 4.90 Å². The third kappa shape index (κ3) is 1.92. The molecule has 48 valence electrons. The van der Waals surface area contributed by atoms with Gasteiger partial charge < -0.3 is 0 Å². The van der Waals surface area contributed by atoms with Crippen LogP contribution in [0.1, 0.15) is 5.56 Å². The van der Waals surface area contributed by atoms with Gasteiger partial charge in [0.15, 0.2) is 10.7 Å². The first kappa shape index (κ1) is 6.97. The molecule has 0 nitrogen and oxygen atoms in total. The molecule has 0 aromatic heterocycles. The molecule has 0 atom stereocenters. The lowest BCUT2D eigenvalue weighted by atomic mass is 10.2. The van der Waals surface area contributed by atoms with E-state index in [-0.39, 0.29) is 0 Å². The van der Waals surface area contributed by atoms with E-state index >= 15 is 0 Å². The maximum atomic E-state index is 4.78. The Hall–Kier alpha value is -0.140. The molecule has 1 aromatic carbocycles. The number of hydrogen-bond donors (Lipinski definition) is 0. The average molecular weight is 160 g/mol. The lowest BCUT2D eigenvalue weighted by Gasteiger charge is -1.88. The smallest absolute Gasteiger partial charge is 0.0580 e. The lowest BCUT2D eigenvalue weighted by molar-refractivity contribution is -0.137. The number of hydrogen-bond acceptors (Lipinski definition) is 1. The van der Waals surface area contributed by atoms with E-state index in [2.05, 4.69) is 19.1 Å². The summed E-state index contributed by atoms with van der Waals surface area (Å²) in [7, 11) is 6.14. The topological polar surface area (TPSA) is 0 Å². The van der Waals surface area contributed by atoms with Crippen molar-refractivity contribution < 1.29 is 10.7 Å².